The van der Waals surface area contributed by atoms with Gasteiger partial charge in [-0.3, -0.25) is 9.69 Å². The third-order valence-corrected chi connectivity index (χ3v) is 9.91. The molecule has 17 heteroatoms. The van der Waals surface area contributed by atoms with Crippen molar-refractivity contribution in [1.82, 2.24) is 20.0 Å². The molecular weight excluding hydrogens is 641 g/mol. The summed E-state index contributed by atoms with van der Waals surface area (Å²) in [4.78, 5) is 19.3. The van der Waals surface area contributed by atoms with E-state index in [1.807, 2.05) is 0 Å². The van der Waals surface area contributed by atoms with Crippen LogP contribution in [0.3, 0.4) is 0 Å². The predicted molar refractivity (Wildman–Crippen MR) is 154 cm³/mol. The van der Waals surface area contributed by atoms with E-state index >= 15 is 0 Å². The summed E-state index contributed by atoms with van der Waals surface area (Å²) in [6.07, 6.45) is -3.39. The molecule has 3 aromatic rings. The van der Waals surface area contributed by atoms with Gasteiger partial charge in [0.25, 0.3) is 0 Å². The van der Waals surface area contributed by atoms with Crippen molar-refractivity contribution in [2.45, 2.75) is 72.2 Å². The van der Waals surface area contributed by atoms with Crippen molar-refractivity contribution in [2.75, 3.05) is 25.7 Å². The maximum atomic E-state index is 14.2. The number of hydrogen-bond acceptors (Lipinski definition) is 10. The highest BCUT2D eigenvalue weighted by Crippen LogP contribution is 2.47. The Morgan fingerprint density at radius 1 is 1.20 bits per heavy atom. The Morgan fingerprint density at radius 3 is 2.46 bits per heavy atom. The number of rotatable bonds is 9. The molecule has 0 bridgehead atoms. The molecule has 3 N–H and O–H groups in total. The first-order valence-electron chi connectivity index (χ1n) is 14.3. The van der Waals surface area contributed by atoms with Crippen LogP contribution in [0.2, 0.25) is 0 Å². The van der Waals surface area contributed by atoms with Crippen molar-refractivity contribution >= 4 is 23.5 Å². The Morgan fingerprint density at radius 2 is 1.87 bits per heavy atom. The Bertz CT molecular complexity index is 1500. The van der Waals surface area contributed by atoms with E-state index in [9.17, 15) is 42.1 Å². The number of anilines is 1. The molecule has 3 heterocycles. The second-order valence-electron chi connectivity index (χ2n) is 11.3. The Kier molecular flexibility index (Phi) is 10.0. The number of methoxy groups -OCH3 is 1. The van der Waals surface area contributed by atoms with Crippen LogP contribution < -0.4 is 4.90 Å². The van der Waals surface area contributed by atoms with E-state index < -0.39 is 102 Å². The summed E-state index contributed by atoms with van der Waals surface area (Å²) in [5.74, 6) is -8.02. The summed E-state index contributed by atoms with van der Waals surface area (Å²) >= 11 is 0.778. The van der Waals surface area contributed by atoms with Crippen molar-refractivity contribution < 1.29 is 51.5 Å². The van der Waals surface area contributed by atoms with Gasteiger partial charge in [0.15, 0.2) is 17.5 Å². The third kappa shape index (κ3) is 6.75. The SMILES string of the molecule is CO[C@@H]1[C@@H](n2cc(-c3cc(F)c(F)c(F)c3)nn2)[C@@H](O)[C@@H](CO)O[C@H]1S[C@@H](C(=O)N(C)c1ccccn1)C1(O)CCC(F)(F)CC1. The Labute approximate surface area is 264 Å². The maximum absolute atomic E-state index is 14.2. The molecule has 1 amide bonds. The highest BCUT2D eigenvalue weighted by Gasteiger charge is 2.54. The molecule has 2 fully saturated rings. The van der Waals surface area contributed by atoms with Crippen LogP contribution in [0.25, 0.3) is 11.3 Å². The van der Waals surface area contributed by atoms with Gasteiger partial charge in [-0.15, -0.1) is 16.9 Å². The van der Waals surface area contributed by atoms with Crippen molar-refractivity contribution in [3.63, 3.8) is 0 Å². The molecule has 1 aromatic carbocycles. The fourth-order valence-corrected chi connectivity index (χ4v) is 7.35. The van der Waals surface area contributed by atoms with Gasteiger partial charge in [0.1, 0.15) is 46.6 Å². The number of benzene rings is 1. The van der Waals surface area contributed by atoms with Crippen LogP contribution >= 0.6 is 11.8 Å². The number of ether oxygens (including phenoxy) is 2. The smallest absolute Gasteiger partial charge is 0.248 e. The molecule has 46 heavy (non-hydrogen) atoms. The monoisotopic (exact) mass is 673 g/mol. The zero-order valence-electron chi connectivity index (χ0n) is 24.6. The number of aromatic nitrogens is 4. The molecule has 5 rings (SSSR count). The average molecular weight is 674 g/mol. The minimum atomic E-state index is -3.02. The van der Waals surface area contributed by atoms with Gasteiger partial charge < -0.3 is 24.8 Å². The lowest BCUT2D eigenvalue weighted by Gasteiger charge is -2.47. The van der Waals surface area contributed by atoms with Crippen LogP contribution in [-0.2, 0) is 14.3 Å². The fraction of sp³-hybridized carbons (Fsp3) is 0.517. The first-order valence-corrected chi connectivity index (χ1v) is 15.2. The molecule has 11 nitrogen and oxygen atoms in total. The van der Waals surface area contributed by atoms with Crippen LogP contribution in [0.15, 0.2) is 42.7 Å². The Balaban J connectivity index is 1.49. The molecule has 0 spiro atoms. The van der Waals surface area contributed by atoms with Crippen molar-refractivity contribution in [3.05, 3.63) is 60.2 Å². The van der Waals surface area contributed by atoms with E-state index in [1.165, 1.54) is 31.5 Å². The number of amides is 1. The first-order chi connectivity index (χ1) is 21.8. The lowest BCUT2D eigenvalue weighted by atomic mass is 9.80. The molecule has 1 saturated carbocycles. The van der Waals surface area contributed by atoms with E-state index in [0.29, 0.717) is 0 Å². The molecule has 0 radical (unpaired) electrons. The van der Waals surface area contributed by atoms with Crippen LogP contribution in [0.1, 0.15) is 31.7 Å². The number of halogens is 5. The van der Waals surface area contributed by atoms with E-state index in [2.05, 4.69) is 15.3 Å². The van der Waals surface area contributed by atoms with Gasteiger partial charge in [-0.1, -0.05) is 11.3 Å². The Hall–Kier alpha value is -3.22. The van der Waals surface area contributed by atoms with E-state index in [0.717, 1.165) is 28.6 Å². The molecule has 1 aliphatic heterocycles. The number of alkyl halides is 2. The van der Waals surface area contributed by atoms with Crippen LogP contribution in [0.4, 0.5) is 27.8 Å². The van der Waals surface area contributed by atoms with Crippen molar-refractivity contribution in [1.29, 1.82) is 0 Å². The summed E-state index contributed by atoms with van der Waals surface area (Å²) in [7, 11) is 2.70. The first kappa shape index (κ1) is 34.1. The third-order valence-electron chi connectivity index (χ3n) is 8.35. The minimum absolute atomic E-state index is 0.0846. The van der Waals surface area contributed by atoms with Gasteiger partial charge in [0, 0.05) is 38.8 Å². The summed E-state index contributed by atoms with van der Waals surface area (Å²) in [5.41, 5.74) is -3.35. The lowest BCUT2D eigenvalue weighted by Crippen LogP contribution is -2.59. The van der Waals surface area contributed by atoms with E-state index in [-0.39, 0.29) is 17.1 Å². The number of carbonyl (C=O) groups excluding carboxylic acids is 1. The second kappa shape index (κ2) is 13.5. The second-order valence-corrected chi connectivity index (χ2v) is 12.5. The topological polar surface area (TPSA) is 143 Å². The van der Waals surface area contributed by atoms with Gasteiger partial charge in [-0.2, -0.15) is 0 Å². The number of nitrogens with zero attached hydrogens (tertiary/aromatic N) is 5. The number of aliphatic hydroxyl groups excluding tert-OH is 2. The molecule has 0 unspecified atom stereocenters. The highest BCUT2D eigenvalue weighted by atomic mass is 32.2. The molecule has 1 saturated heterocycles. The molecule has 6 atom stereocenters. The number of carbonyl (C=O) groups is 1. The van der Waals surface area contributed by atoms with Crippen LogP contribution in [0.5, 0.6) is 0 Å². The van der Waals surface area contributed by atoms with Crippen LogP contribution in [-0.4, -0.2) is 102 Å². The molecular formula is C29H32F5N5O6S. The fourth-order valence-electron chi connectivity index (χ4n) is 5.68. The highest BCUT2D eigenvalue weighted by molar-refractivity contribution is 8.01. The van der Waals surface area contributed by atoms with Gasteiger partial charge in [-0.25, -0.2) is 31.6 Å². The summed E-state index contributed by atoms with van der Waals surface area (Å²) < 4.78 is 82.5. The number of aliphatic hydroxyl groups is 3. The average Bonchev–Trinajstić information content (AvgIpc) is 3.53. The minimum Gasteiger partial charge on any atom is -0.394 e. The molecule has 2 aromatic heterocycles. The van der Waals surface area contributed by atoms with Gasteiger partial charge in [0.05, 0.1) is 18.4 Å². The molecule has 2 aliphatic rings. The van der Waals surface area contributed by atoms with Crippen molar-refractivity contribution in [3.8, 4) is 11.3 Å². The van der Waals surface area contributed by atoms with Gasteiger partial charge >= 0.3 is 0 Å². The van der Waals surface area contributed by atoms with E-state index in [4.69, 9.17) is 9.47 Å². The standard InChI is InChI=1S/C29H32F5N5O6S/c1-38(20-5-3-4-10-35-20)26(42)25(28(43)6-8-29(33,34)9-7-28)46-27-24(44-2)22(23(41)19(14-40)45-27)39-13-18(36-37-39)15-11-16(30)21(32)17(31)12-15/h3-5,10-13,19,22-25,27,40-41,43H,6-9,14H2,1-2H3/t19-,22+,23+,24-,25+,27+/m1/s1. The van der Waals surface area contributed by atoms with Gasteiger partial charge in [0.2, 0.25) is 11.8 Å². The number of thioether (sulfide) groups is 1. The lowest BCUT2D eigenvalue weighted by molar-refractivity contribution is -0.186. The number of pyridine rings is 1. The summed E-state index contributed by atoms with van der Waals surface area (Å²) in [6, 6.07) is 5.11. The van der Waals surface area contributed by atoms with Crippen LogP contribution in [0, 0.1) is 17.5 Å². The predicted octanol–water partition coefficient (Wildman–Crippen LogP) is 3.10. The van der Waals surface area contributed by atoms with Crippen molar-refractivity contribution in [2.24, 2.45) is 0 Å². The number of hydrogen-bond donors (Lipinski definition) is 3. The van der Waals surface area contributed by atoms with E-state index in [1.54, 1.807) is 18.2 Å². The maximum Gasteiger partial charge on any atom is 0.248 e. The zero-order valence-corrected chi connectivity index (χ0v) is 25.5. The zero-order chi connectivity index (χ0) is 33.4. The summed E-state index contributed by atoms with van der Waals surface area (Å²) in [5, 5.41) is 39.5. The van der Waals surface area contributed by atoms with Gasteiger partial charge in [-0.05, 0) is 37.1 Å². The quantitative estimate of drug-likeness (QED) is 0.229. The largest absolute Gasteiger partial charge is 0.394 e. The molecule has 250 valence electrons. The summed E-state index contributed by atoms with van der Waals surface area (Å²) in [6.45, 7) is -0.704. The molecule has 1 aliphatic carbocycles. The normalized spacial score (nSPS) is 26.4.